The number of aromatic nitrogens is 4. The Bertz CT molecular complexity index is 2080. The van der Waals surface area contributed by atoms with Crippen LogP contribution in [0.2, 0.25) is 0 Å². The van der Waals surface area contributed by atoms with E-state index in [1.165, 1.54) is 11.8 Å². The number of rotatable bonds is 12. The number of phenolic OH excluding ortho intramolecular Hbond substituents is 1. The summed E-state index contributed by atoms with van der Waals surface area (Å²) >= 11 is 1.49. The van der Waals surface area contributed by atoms with Gasteiger partial charge in [0.15, 0.2) is 6.29 Å². The molecule has 5 aromatic carbocycles. The Balaban J connectivity index is 1.06. The highest BCUT2D eigenvalue weighted by molar-refractivity contribution is 7.99. The molecule has 0 saturated carbocycles. The van der Waals surface area contributed by atoms with Crippen LogP contribution in [0.15, 0.2) is 133 Å². The number of nitrogens with one attached hydrogen (secondary N) is 2. The van der Waals surface area contributed by atoms with Gasteiger partial charge in [-0.3, -0.25) is 0 Å². The average molecular weight is 715 g/mol. The topological polar surface area (TPSA) is 144 Å². The molecular formula is C40H38N6O5S. The van der Waals surface area contributed by atoms with Crippen LogP contribution in [0, 0.1) is 0 Å². The van der Waals surface area contributed by atoms with Crippen LogP contribution in [0.1, 0.15) is 46.6 Å². The van der Waals surface area contributed by atoms with Gasteiger partial charge in [-0.1, -0.05) is 103 Å². The Hall–Kier alpha value is -5.53. The van der Waals surface area contributed by atoms with Crippen LogP contribution in [0.4, 0.5) is 4.79 Å². The monoisotopic (exact) mass is 714 g/mol. The lowest BCUT2D eigenvalue weighted by atomic mass is 9.99. The fourth-order valence-electron chi connectivity index (χ4n) is 5.96. The van der Waals surface area contributed by atoms with E-state index in [0.717, 1.165) is 44.6 Å². The van der Waals surface area contributed by atoms with Gasteiger partial charge in [-0.05, 0) is 80.2 Å². The number of carbonyl (C=O) groups is 1. The van der Waals surface area contributed by atoms with E-state index in [2.05, 4.69) is 38.3 Å². The molecule has 0 aliphatic carbocycles. The van der Waals surface area contributed by atoms with Gasteiger partial charge in [0.2, 0.25) is 5.16 Å². The van der Waals surface area contributed by atoms with Crippen LogP contribution in [-0.2, 0) is 29.2 Å². The molecule has 1 saturated heterocycles. The third-order valence-corrected chi connectivity index (χ3v) is 9.77. The zero-order valence-electron chi connectivity index (χ0n) is 28.2. The first kappa shape index (κ1) is 34.9. The number of ether oxygens (including phenoxy) is 2. The number of thioether (sulfide) groups is 1. The van der Waals surface area contributed by atoms with Gasteiger partial charge < -0.3 is 30.3 Å². The minimum atomic E-state index is -0.645. The normalized spacial score (nSPS) is 17.1. The predicted octanol–water partition coefficient (Wildman–Crippen LogP) is 6.86. The smallest absolute Gasteiger partial charge is 0.315 e. The molecule has 0 unspecified atom stereocenters. The maximum absolute atomic E-state index is 12.5. The fraction of sp³-hybridized carbons (Fsp3) is 0.200. The van der Waals surface area contributed by atoms with Crippen molar-refractivity contribution in [1.82, 2.24) is 30.8 Å². The molecule has 2 heterocycles. The van der Waals surface area contributed by atoms with Crippen LogP contribution < -0.4 is 10.6 Å². The number of hydrogen-bond acceptors (Lipinski definition) is 9. The molecule has 7 rings (SSSR count). The van der Waals surface area contributed by atoms with E-state index >= 15 is 0 Å². The Morgan fingerprint density at radius 2 is 1.48 bits per heavy atom. The summed E-state index contributed by atoms with van der Waals surface area (Å²) in [6.07, 6.45) is -0.497. The Morgan fingerprint density at radius 1 is 0.769 bits per heavy atom. The van der Waals surface area contributed by atoms with Crippen LogP contribution in [-0.4, -0.2) is 48.3 Å². The predicted molar refractivity (Wildman–Crippen MR) is 197 cm³/mol. The first-order valence-electron chi connectivity index (χ1n) is 17.0. The van der Waals surface area contributed by atoms with Gasteiger partial charge in [-0.25, -0.2) is 4.79 Å². The second-order valence-corrected chi connectivity index (χ2v) is 13.4. The van der Waals surface area contributed by atoms with E-state index in [9.17, 15) is 15.0 Å². The molecule has 12 heteroatoms. The van der Waals surface area contributed by atoms with Crippen LogP contribution in [0.5, 0.6) is 5.75 Å². The van der Waals surface area contributed by atoms with Crippen LogP contribution in [0.25, 0.3) is 16.8 Å². The van der Waals surface area contributed by atoms with Gasteiger partial charge in [-0.15, -0.1) is 5.10 Å². The molecule has 1 aliphatic rings. The van der Waals surface area contributed by atoms with Gasteiger partial charge in [0.25, 0.3) is 0 Å². The van der Waals surface area contributed by atoms with E-state index in [1.54, 1.807) is 28.9 Å². The van der Waals surface area contributed by atoms with E-state index in [-0.39, 0.29) is 30.6 Å². The molecule has 264 valence electrons. The lowest BCUT2D eigenvalue weighted by molar-refractivity contribution is -0.245. The van der Waals surface area contributed by atoms with Gasteiger partial charge in [-0.2, -0.15) is 4.68 Å². The van der Waals surface area contributed by atoms with Crippen molar-refractivity contribution >= 4 is 17.8 Å². The second-order valence-electron chi connectivity index (χ2n) is 12.4. The molecule has 2 amide bonds. The SMILES string of the molecule is O=C(NCc1ccccc1)NCc1cccc(-c2cccc([C@@H]3O[C@H](CSc4nnnn4-c4ccc(O)cc4)C[C@H](c4ccc(CO)cc4)O3)c2)c1. The number of tetrazole rings is 1. The first-order valence-corrected chi connectivity index (χ1v) is 18.0. The van der Waals surface area contributed by atoms with Crippen molar-refractivity contribution in [3.05, 3.63) is 155 Å². The lowest BCUT2D eigenvalue weighted by Gasteiger charge is -2.36. The Morgan fingerprint density at radius 3 is 2.25 bits per heavy atom. The number of aliphatic hydroxyl groups excluding tert-OH is 1. The molecule has 52 heavy (non-hydrogen) atoms. The third kappa shape index (κ3) is 8.85. The molecular weight excluding hydrogens is 677 g/mol. The van der Waals surface area contributed by atoms with Gasteiger partial charge in [0.1, 0.15) is 5.75 Å². The molecule has 3 atom stereocenters. The number of benzene rings is 5. The summed E-state index contributed by atoms with van der Waals surface area (Å²) in [6.45, 7) is 0.811. The lowest BCUT2D eigenvalue weighted by Crippen LogP contribution is -2.34. The molecule has 4 N–H and O–H groups in total. The number of nitrogens with zero attached hydrogens (tertiary/aromatic N) is 4. The van der Waals surface area contributed by atoms with Gasteiger partial charge in [0.05, 0.1) is 24.5 Å². The van der Waals surface area contributed by atoms with Crippen molar-refractivity contribution in [1.29, 1.82) is 0 Å². The summed E-state index contributed by atoms with van der Waals surface area (Å²) in [4.78, 5) is 12.5. The Labute approximate surface area is 305 Å². The largest absolute Gasteiger partial charge is 0.508 e. The van der Waals surface area contributed by atoms with Crippen LogP contribution in [0.3, 0.4) is 0 Å². The molecule has 1 fully saturated rings. The van der Waals surface area contributed by atoms with Crippen molar-refractivity contribution in [2.45, 2.75) is 49.8 Å². The van der Waals surface area contributed by atoms with E-state index in [4.69, 9.17) is 9.47 Å². The molecule has 1 aromatic heterocycles. The highest BCUT2D eigenvalue weighted by Crippen LogP contribution is 2.40. The highest BCUT2D eigenvalue weighted by atomic mass is 32.2. The zero-order chi connectivity index (χ0) is 35.7. The van der Waals surface area contributed by atoms with Crippen molar-refractivity contribution in [2.24, 2.45) is 0 Å². The Kier molecular flexibility index (Phi) is 11.2. The minimum absolute atomic E-state index is 0.0297. The average Bonchev–Trinajstić information content (AvgIpc) is 3.68. The fourth-order valence-corrected chi connectivity index (χ4v) is 6.87. The van der Waals surface area contributed by atoms with Gasteiger partial charge >= 0.3 is 6.03 Å². The zero-order valence-corrected chi connectivity index (χ0v) is 29.0. The maximum atomic E-state index is 12.5. The second kappa shape index (κ2) is 16.7. The minimum Gasteiger partial charge on any atom is -0.508 e. The van der Waals surface area contributed by atoms with Crippen molar-refractivity contribution in [2.75, 3.05) is 5.75 Å². The summed E-state index contributed by atoms with van der Waals surface area (Å²) in [7, 11) is 0. The number of amides is 2. The summed E-state index contributed by atoms with van der Waals surface area (Å²) in [5.41, 5.74) is 7.45. The standard InChI is InChI=1S/C40H38N6O5S/c47-25-28-12-14-30(15-13-28)37-22-36(26-52-40-43-44-45-46(40)34-16-18-35(48)19-17-34)50-38(51-37)33-11-5-10-32(21-33)31-9-4-8-29(20-31)24-42-39(49)41-23-27-6-2-1-3-7-27/h1-21,36-38,47-48H,22-26H2,(H2,41,42,49)/t36-,37+,38+/m0/s1. The number of aliphatic hydroxyl groups is 1. The molecule has 6 aromatic rings. The van der Waals surface area contributed by atoms with Crippen molar-refractivity contribution in [3.8, 4) is 22.6 Å². The third-order valence-electron chi connectivity index (χ3n) is 8.72. The number of aromatic hydroxyl groups is 1. The number of phenols is 1. The van der Waals surface area contributed by atoms with E-state index < -0.39 is 6.29 Å². The highest BCUT2D eigenvalue weighted by Gasteiger charge is 2.33. The molecule has 11 nitrogen and oxygen atoms in total. The van der Waals surface area contributed by atoms with E-state index in [0.29, 0.717) is 30.4 Å². The summed E-state index contributed by atoms with van der Waals surface area (Å²) in [5.74, 6) is 0.732. The van der Waals surface area contributed by atoms with Crippen LogP contribution >= 0.6 is 11.8 Å². The summed E-state index contributed by atoms with van der Waals surface area (Å²) in [6, 6.07) is 40.3. The number of carbonyl (C=O) groups excluding carboxylic acids is 1. The van der Waals surface area contributed by atoms with Crippen molar-refractivity contribution < 1.29 is 24.5 Å². The number of urea groups is 1. The van der Waals surface area contributed by atoms with E-state index in [1.807, 2.05) is 91.0 Å². The summed E-state index contributed by atoms with van der Waals surface area (Å²) < 4.78 is 14.9. The van der Waals surface area contributed by atoms with Crippen molar-refractivity contribution in [3.63, 3.8) is 0 Å². The molecule has 0 bridgehead atoms. The number of hydrogen-bond donors (Lipinski definition) is 4. The quantitative estimate of drug-likeness (QED) is 0.1000. The van der Waals surface area contributed by atoms with Gasteiger partial charge in [0, 0.05) is 30.8 Å². The molecule has 0 spiro atoms. The summed E-state index contributed by atoms with van der Waals surface area (Å²) in [5, 5.41) is 38.0. The molecule has 1 aliphatic heterocycles. The maximum Gasteiger partial charge on any atom is 0.315 e. The molecule has 0 radical (unpaired) electrons. The first-order chi connectivity index (χ1) is 25.5.